The van der Waals surface area contributed by atoms with Crippen molar-refractivity contribution in [3.63, 3.8) is 0 Å². The number of nitrogens with one attached hydrogen (secondary N) is 1. The van der Waals surface area contributed by atoms with Crippen molar-refractivity contribution in [3.8, 4) is 5.75 Å². The number of carbonyl (C=O) groups is 1. The number of fused-ring (bicyclic) bond motifs is 1. The van der Waals surface area contributed by atoms with Gasteiger partial charge in [-0.1, -0.05) is 16.8 Å². The van der Waals surface area contributed by atoms with Crippen LogP contribution in [0.15, 0.2) is 29.6 Å². The van der Waals surface area contributed by atoms with Gasteiger partial charge < -0.3 is 14.9 Å². The van der Waals surface area contributed by atoms with Gasteiger partial charge in [0.1, 0.15) is 12.9 Å². The lowest BCUT2D eigenvalue weighted by atomic mass is 10.1. The van der Waals surface area contributed by atoms with Crippen LogP contribution in [-0.4, -0.2) is 41.4 Å². The third kappa shape index (κ3) is 5.62. The third-order valence-electron chi connectivity index (χ3n) is 3.27. The highest BCUT2D eigenvalue weighted by atomic mass is 127. The van der Waals surface area contributed by atoms with Gasteiger partial charge in [0.15, 0.2) is 0 Å². The van der Waals surface area contributed by atoms with Crippen molar-refractivity contribution in [2.45, 2.75) is 24.8 Å². The fourth-order valence-corrected chi connectivity index (χ4v) is 3.37. The first-order valence-corrected chi connectivity index (χ1v) is 10.3. The molecule has 26 heavy (non-hydrogen) atoms. The molecule has 1 N–H and O–H groups in total. The molecular weight excluding hydrogens is 489 g/mol. The Balaban J connectivity index is 2.20. The summed E-state index contributed by atoms with van der Waals surface area (Å²) in [6, 6.07) is 5.45. The van der Waals surface area contributed by atoms with Gasteiger partial charge in [-0.25, -0.2) is 0 Å². The number of halogens is 2. The van der Waals surface area contributed by atoms with Crippen molar-refractivity contribution < 1.29 is 14.4 Å². The van der Waals surface area contributed by atoms with E-state index < -0.39 is 11.0 Å². The van der Waals surface area contributed by atoms with Crippen LogP contribution in [0.5, 0.6) is 5.75 Å². The van der Waals surface area contributed by atoms with Crippen LogP contribution >= 0.6 is 46.0 Å². The topological polar surface area (TPSA) is 72.8 Å². The molecule has 9 heteroatoms. The second-order valence-electron chi connectivity index (χ2n) is 5.94. The van der Waals surface area contributed by atoms with Gasteiger partial charge in [0.05, 0.1) is 22.3 Å². The van der Waals surface area contributed by atoms with E-state index >= 15 is 0 Å². The van der Waals surface area contributed by atoms with Crippen LogP contribution in [0.3, 0.4) is 0 Å². The number of aromatic nitrogens is 1. The molecule has 2 rings (SSSR count). The molecule has 1 aromatic carbocycles. The number of thioether (sulfide) groups is 1. The summed E-state index contributed by atoms with van der Waals surface area (Å²) in [6.45, 7) is 3.62. The number of oxime groups is 1. The molecule has 1 unspecified atom stereocenters. The average Bonchev–Trinajstić information content (AvgIpc) is 2.57. The van der Waals surface area contributed by atoms with Crippen LogP contribution in [0, 0.1) is 3.57 Å². The molecule has 0 saturated heterocycles. The van der Waals surface area contributed by atoms with E-state index in [0.29, 0.717) is 16.3 Å². The molecule has 0 aliphatic carbocycles. The minimum absolute atomic E-state index is 0.276. The second-order valence-corrected chi connectivity index (χ2v) is 8.50. The number of benzene rings is 1. The Morgan fingerprint density at radius 1 is 1.46 bits per heavy atom. The molecule has 140 valence electrons. The highest BCUT2D eigenvalue weighted by Crippen LogP contribution is 2.30. The normalized spacial score (nSPS) is 13.0. The Morgan fingerprint density at radius 3 is 2.85 bits per heavy atom. The van der Waals surface area contributed by atoms with E-state index in [1.54, 1.807) is 18.5 Å². The van der Waals surface area contributed by atoms with Crippen LogP contribution in [0.1, 0.15) is 13.8 Å². The van der Waals surface area contributed by atoms with Gasteiger partial charge in [0, 0.05) is 21.2 Å². The molecule has 0 spiro atoms. The van der Waals surface area contributed by atoms with Crippen LogP contribution in [0.25, 0.3) is 10.9 Å². The first-order chi connectivity index (χ1) is 12.3. The van der Waals surface area contributed by atoms with Crippen molar-refractivity contribution in [3.05, 3.63) is 33.0 Å². The zero-order valence-electron chi connectivity index (χ0n) is 14.7. The lowest BCUT2D eigenvalue weighted by molar-refractivity contribution is -0.125. The minimum atomic E-state index is -0.741. The predicted octanol–water partition coefficient (Wildman–Crippen LogP) is 4.09. The van der Waals surface area contributed by atoms with Crippen molar-refractivity contribution in [2.75, 3.05) is 13.4 Å². The molecular formula is C17H19ClIN3O3S. The molecule has 1 heterocycles. The Kier molecular flexibility index (Phi) is 7.36. The molecule has 0 radical (unpaired) electrons. The molecule has 0 bridgehead atoms. The maximum atomic E-state index is 12.6. The molecule has 0 aliphatic heterocycles. The van der Waals surface area contributed by atoms with Crippen molar-refractivity contribution in [1.29, 1.82) is 0 Å². The lowest BCUT2D eigenvalue weighted by Crippen LogP contribution is -2.49. The molecule has 1 aromatic heterocycles. The Labute approximate surface area is 175 Å². The standard InChI is InChI=1S/C17H19ClIN3O3S/c1-17(2,9-21-24-3)22-15(23)16(26-4)25-12-6-10-5-11(19)8-20-14(10)13(18)7-12/h5-9,16H,1-4H3,(H,22,23). The summed E-state index contributed by atoms with van der Waals surface area (Å²) in [7, 11) is 1.45. The maximum absolute atomic E-state index is 12.6. The molecule has 6 nitrogen and oxygen atoms in total. The summed E-state index contributed by atoms with van der Waals surface area (Å²) in [5, 5.41) is 7.90. The average molecular weight is 508 g/mol. The number of amides is 1. The van der Waals surface area contributed by atoms with E-state index in [0.717, 1.165) is 8.96 Å². The summed E-state index contributed by atoms with van der Waals surface area (Å²) in [5.41, 5.74) is -0.720. The van der Waals surface area contributed by atoms with Gasteiger partial charge in [-0.15, -0.1) is 11.8 Å². The quantitative estimate of drug-likeness (QED) is 0.265. The van der Waals surface area contributed by atoms with E-state index in [1.807, 2.05) is 26.0 Å². The number of pyridine rings is 1. The lowest BCUT2D eigenvalue weighted by Gasteiger charge is -2.24. The largest absolute Gasteiger partial charge is 0.470 e. The van der Waals surface area contributed by atoms with Gasteiger partial charge in [0.2, 0.25) is 5.44 Å². The van der Waals surface area contributed by atoms with Gasteiger partial charge in [0.25, 0.3) is 5.91 Å². The highest BCUT2D eigenvalue weighted by Gasteiger charge is 2.26. The van der Waals surface area contributed by atoms with E-state index in [1.165, 1.54) is 25.1 Å². The summed E-state index contributed by atoms with van der Waals surface area (Å²) in [4.78, 5) is 21.5. The van der Waals surface area contributed by atoms with Gasteiger partial charge in [-0.3, -0.25) is 9.78 Å². The maximum Gasteiger partial charge on any atom is 0.272 e. The second kappa shape index (κ2) is 9.09. The Hall–Kier alpha value is -1.26. The van der Waals surface area contributed by atoms with Crippen LogP contribution in [-0.2, 0) is 9.63 Å². The molecule has 0 saturated carbocycles. The van der Waals surface area contributed by atoms with Crippen molar-refractivity contribution in [2.24, 2.45) is 5.16 Å². The Morgan fingerprint density at radius 2 is 2.19 bits per heavy atom. The molecule has 2 aromatic rings. The van der Waals surface area contributed by atoms with Gasteiger partial charge in [-0.05, 0) is 54.8 Å². The van der Waals surface area contributed by atoms with Crippen molar-refractivity contribution in [1.82, 2.24) is 10.3 Å². The number of hydrogen-bond donors (Lipinski definition) is 1. The van der Waals surface area contributed by atoms with Crippen LogP contribution in [0.4, 0.5) is 0 Å². The molecule has 0 aliphatic rings. The first kappa shape index (κ1) is 21.0. The molecule has 1 atom stereocenters. The fraction of sp³-hybridized carbons (Fsp3) is 0.353. The predicted molar refractivity (Wildman–Crippen MR) is 115 cm³/mol. The summed E-state index contributed by atoms with van der Waals surface area (Å²) in [6.07, 6.45) is 5.06. The number of rotatable bonds is 7. The fourth-order valence-electron chi connectivity index (χ4n) is 2.15. The smallest absolute Gasteiger partial charge is 0.272 e. The summed E-state index contributed by atoms with van der Waals surface area (Å²) < 4.78 is 6.85. The van der Waals surface area contributed by atoms with Crippen LogP contribution in [0.2, 0.25) is 5.02 Å². The number of nitrogens with zero attached hydrogens (tertiary/aromatic N) is 2. The third-order valence-corrected chi connectivity index (χ3v) is 4.89. The highest BCUT2D eigenvalue weighted by molar-refractivity contribution is 14.1. The first-order valence-electron chi connectivity index (χ1n) is 7.59. The summed E-state index contributed by atoms with van der Waals surface area (Å²) >= 11 is 9.77. The monoisotopic (exact) mass is 507 g/mol. The zero-order valence-corrected chi connectivity index (χ0v) is 18.5. The van der Waals surface area contributed by atoms with E-state index in [2.05, 4.69) is 42.9 Å². The molecule has 0 fully saturated rings. The summed E-state index contributed by atoms with van der Waals surface area (Å²) in [5.74, 6) is 0.228. The van der Waals surface area contributed by atoms with Gasteiger partial charge in [-0.2, -0.15) is 0 Å². The molecule has 1 amide bonds. The van der Waals surface area contributed by atoms with E-state index in [9.17, 15) is 4.79 Å². The SMILES string of the molecule is CON=CC(C)(C)NC(=O)C(Oc1cc(Cl)c2ncc(I)cc2c1)SC. The van der Waals surface area contributed by atoms with E-state index in [-0.39, 0.29) is 5.91 Å². The minimum Gasteiger partial charge on any atom is -0.470 e. The van der Waals surface area contributed by atoms with Gasteiger partial charge >= 0.3 is 0 Å². The zero-order chi connectivity index (χ0) is 19.3. The Bertz CT molecular complexity index is 832. The number of carbonyl (C=O) groups excluding carboxylic acids is 1. The van der Waals surface area contributed by atoms with Crippen LogP contribution < -0.4 is 10.1 Å². The number of hydrogen-bond acceptors (Lipinski definition) is 6. The van der Waals surface area contributed by atoms with Crippen molar-refractivity contribution >= 4 is 69.0 Å². The number of ether oxygens (including phenoxy) is 1. The van der Waals surface area contributed by atoms with E-state index in [4.69, 9.17) is 16.3 Å².